The Morgan fingerprint density at radius 3 is 2.80 bits per heavy atom. The van der Waals surface area contributed by atoms with Crippen molar-refractivity contribution < 1.29 is 9.53 Å². The smallest absolute Gasteiger partial charge is 0.230 e. The van der Waals surface area contributed by atoms with Crippen molar-refractivity contribution in [1.82, 2.24) is 4.98 Å². The van der Waals surface area contributed by atoms with E-state index in [4.69, 9.17) is 16.3 Å². The lowest BCUT2D eigenvalue weighted by atomic mass is 10.1. The normalized spacial score (nSPS) is 10.4. The van der Waals surface area contributed by atoms with Crippen molar-refractivity contribution in [3.8, 4) is 5.75 Å². The monoisotopic (exact) mass is 310 g/mol. The highest BCUT2D eigenvalue weighted by molar-refractivity contribution is 7.13. The number of benzene rings is 1. The summed E-state index contributed by atoms with van der Waals surface area (Å²) in [6.45, 7) is 3.78. The topological polar surface area (TPSA) is 51.2 Å². The lowest BCUT2D eigenvalue weighted by Crippen LogP contribution is -2.15. The molecule has 0 aliphatic rings. The van der Waals surface area contributed by atoms with Gasteiger partial charge in [-0.25, -0.2) is 4.98 Å². The first-order valence-electron chi connectivity index (χ1n) is 6.04. The number of carbonyl (C=O) groups is 1. The second-order valence-electron chi connectivity index (χ2n) is 4.43. The minimum atomic E-state index is -0.140. The van der Waals surface area contributed by atoms with Crippen LogP contribution in [0.1, 0.15) is 16.8 Å². The molecule has 0 atom stereocenters. The Hall–Kier alpha value is -1.59. The minimum Gasteiger partial charge on any atom is -0.496 e. The van der Waals surface area contributed by atoms with Gasteiger partial charge in [0.25, 0.3) is 0 Å². The van der Waals surface area contributed by atoms with Gasteiger partial charge in [0, 0.05) is 16.0 Å². The molecule has 1 N–H and O–H groups in total. The lowest BCUT2D eigenvalue weighted by molar-refractivity contribution is -0.115. The van der Waals surface area contributed by atoms with E-state index in [2.05, 4.69) is 10.3 Å². The molecule has 2 rings (SSSR count). The van der Waals surface area contributed by atoms with Crippen LogP contribution in [0.2, 0.25) is 5.02 Å². The molecule has 0 bridgehead atoms. The second kappa shape index (κ2) is 6.24. The van der Waals surface area contributed by atoms with Crippen LogP contribution in [0.5, 0.6) is 5.75 Å². The first-order chi connectivity index (χ1) is 9.49. The number of ether oxygens (including phenoxy) is 1. The highest BCUT2D eigenvalue weighted by Crippen LogP contribution is 2.28. The standard InChI is InChI=1S/C14H15ClN2O2S/c1-8-4-11(15)5-10(13(8)19-3)6-12(18)17-14-16-9(2)7-20-14/h4-5,7H,6H2,1-3H3,(H,16,17,18). The Morgan fingerprint density at radius 2 is 2.20 bits per heavy atom. The number of aromatic nitrogens is 1. The molecule has 0 fully saturated rings. The summed E-state index contributed by atoms with van der Waals surface area (Å²) < 4.78 is 5.33. The predicted octanol–water partition coefficient (Wildman–Crippen LogP) is 3.60. The number of thiazole rings is 1. The van der Waals surface area contributed by atoms with Crippen LogP contribution in [-0.2, 0) is 11.2 Å². The van der Waals surface area contributed by atoms with Crippen molar-refractivity contribution in [2.75, 3.05) is 12.4 Å². The first kappa shape index (κ1) is 14.8. The number of hydrogen-bond acceptors (Lipinski definition) is 4. The van der Waals surface area contributed by atoms with Crippen LogP contribution in [0, 0.1) is 13.8 Å². The first-order valence-corrected chi connectivity index (χ1v) is 7.30. The van der Waals surface area contributed by atoms with Crippen LogP contribution in [-0.4, -0.2) is 18.0 Å². The minimum absolute atomic E-state index is 0.140. The largest absolute Gasteiger partial charge is 0.496 e. The van der Waals surface area contributed by atoms with Gasteiger partial charge in [0.15, 0.2) is 5.13 Å². The number of anilines is 1. The molecule has 1 aromatic carbocycles. The summed E-state index contributed by atoms with van der Waals surface area (Å²) in [5, 5.41) is 5.86. The molecule has 0 radical (unpaired) electrons. The molecule has 20 heavy (non-hydrogen) atoms. The number of carbonyl (C=O) groups excluding carboxylic acids is 1. The van der Waals surface area contributed by atoms with Crippen molar-refractivity contribution in [3.05, 3.63) is 39.4 Å². The van der Waals surface area contributed by atoms with Gasteiger partial charge < -0.3 is 10.1 Å². The average molecular weight is 311 g/mol. The van der Waals surface area contributed by atoms with Crippen molar-refractivity contribution in [3.63, 3.8) is 0 Å². The number of rotatable bonds is 4. The Labute approximate surface area is 126 Å². The molecule has 2 aromatic rings. The van der Waals surface area contributed by atoms with E-state index in [9.17, 15) is 4.79 Å². The quantitative estimate of drug-likeness (QED) is 0.938. The van der Waals surface area contributed by atoms with Crippen molar-refractivity contribution in [2.45, 2.75) is 20.3 Å². The highest BCUT2D eigenvalue weighted by Gasteiger charge is 2.13. The number of halogens is 1. The fourth-order valence-corrected chi connectivity index (χ4v) is 2.97. The third-order valence-corrected chi connectivity index (χ3v) is 3.83. The van der Waals surface area contributed by atoms with Gasteiger partial charge in [-0.2, -0.15) is 0 Å². The third kappa shape index (κ3) is 3.49. The van der Waals surface area contributed by atoms with Gasteiger partial charge >= 0.3 is 0 Å². The van der Waals surface area contributed by atoms with E-state index >= 15 is 0 Å². The van der Waals surface area contributed by atoms with Gasteiger partial charge in [-0.3, -0.25) is 4.79 Å². The Balaban J connectivity index is 2.15. The van der Waals surface area contributed by atoms with Crippen molar-refractivity contribution >= 4 is 34.0 Å². The van der Waals surface area contributed by atoms with Crippen molar-refractivity contribution in [1.29, 1.82) is 0 Å². The van der Waals surface area contributed by atoms with Crippen LogP contribution in [0.25, 0.3) is 0 Å². The summed E-state index contributed by atoms with van der Waals surface area (Å²) in [5.74, 6) is 0.555. The Kier molecular flexibility index (Phi) is 4.62. The van der Waals surface area contributed by atoms with Gasteiger partial charge in [0.05, 0.1) is 19.2 Å². The van der Waals surface area contributed by atoms with Gasteiger partial charge in [0.1, 0.15) is 5.75 Å². The van der Waals surface area contributed by atoms with Crippen LogP contribution < -0.4 is 10.1 Å². The zero-order valence-electron chi connectivity index (χ0n) is 11.5. The van der Waals surface area contributed by atoms with E-state index in [0.717, 1.165) is 16.8 Å². The number of amides is 1. The van der Waals surface area contributed by atoms with Crippen LogP contribution in [0.4, 0.5) is 5.13 Å². The molecule has 0 aliphatic heterocycles. The summed E-state index contributed by atoms with van der Waals surface area (Å²) >= 11 is 7.43. The summed E-state index contributed by atoms with van der Waals surface area (Å²) in [6.07, 6.45) is 0.198. The number of aryl methyl sites for hydroxylation is 2. The molecule has 0 unspecified atom stereocenters. The highest BCUT2D eigenvalue weighted by atomic mass is 35.5. The molecule has 4 nitrogen and oxygen atoms in total. The van der Waals surface area contributed by atoms with Gasteiger partial charge in [-0.15, -0.1) is 11.3 Å². The summed E-state index contributed by atoms with van der Waals surface area (Å²) in [6, 6.07) is 3.56. The SMILES string of the molecule is COc1c(C)cc(Cl)cc1CC(=O)Nc1nc(C)cs1. The van der Waals surface area contributed by atoms with Gasteiger partial charge in [-0.05, 0) is 31.5 Å². The maximum Gasteiger partial charge on any atom is 0.230 e. The Bertz CT molecular complexity index is 640. The third-order valence-electron chi connectivity index (χ3n) is 2.74. The average Bonchev–Trinajstić information content (AvgIpc) is 2.74. The summed E-state index contributed by atoms with van der Waals surface area (Å²) in [4.78, 5) is 16.2. The van der Waals surface area contributed by atoms with E-state index in [1.807, 2.05) is 25.3 Å². The van der Waals surface area contributed by atoms with E-state index in [0.29, 0.717) is 15.9 Å². The zero-order valence-corrected chi connectivity index (χ0v) is 13.1. The summed E-state index contributed by atoms with van der Waals surface area (Å²) in [5.41, 5.74) is 2.57. The van der Waals surface area contributed by atoms with Gasteiger partial charge in [-0.1, -0.05) is 11.6 Å². The fraction of sp³-hybridized carbons (Fsp3) is 0.286. The number of hydrogen-bond donors (Lipinski definition) is 1. The molecule has 0 saturated carbocycles. The van der Waals surface area contributed by atoms with E-state index in [-0.39, 0.29) is 12.3 Å². The Morgan fingerprint density at radius 1 is 1.45 bits per heavy atom. The number of nitrogens with zero attached hydrogens (tertiary/aromatic N) is 1. The van der Waals surface area contributed by atoms with Crippen molar-refractivity contribution in [2.24, 2.45) is 0 Å². The van der Waals surface area contributed by atoms with Crippen LogP contribution in [0.15, 0.2) is 17.5 Å². The van der Waals surface area contributed by atoms with Crippen LogP contribution >= 0.6 is 22.9 Å². The second-order valence-corrected chi connectivity index (χ2v) is 5.73. The van der Waals surface area contributed by atoms with E-state index in [1.165, 1.54) is 11.3 Å². The lowest BCUT2D eigenvalue weighted by Gasteiger charge is -2.11. The van der Waals surface area contributed by atoms with Gasteiger partial charge in [0.2, 0.25) is 5.91 Å². The maximum absolute atomic E-state index is 12.0. The molecule has 0 saturated heterocycles. The molecule has 1 amide bonds. The zero-order chi connectivity index (χ0) is 14.7. The number of methoxy groups -OCH3 is 1. The molecule has 0 aliphatic carbocycles. The molecule has 1 aromatic heterocycles. The molecule has 6 heteroatoms. The predicted molar refractivity (Wildman–Crippen MR) is 81.9 cm³/mol. The molecular formula is C14H15ClN2O2S. The van der Waals surface area contributed by atoms with Crippen LogP contribution in [0.3, 0.4) is 0 Å². The molecule has 1 heterocycles. The number of nitrogens with one attached hydrogen (secondary N) is 1. The fourth-order valence-electron chi connectivity index (χ4n) is 1.97. The molecular weight excluding hydrogens is 296 g/mol. The summed E-state index contributed by atoms with van der Waals surface area (Å²) in [7, 11) is 1.59. The van der Waals surface area contributed by atoms with E-state index < -0.39 is 0 Å². The van der Waals surface area contributed by atoms with E-state index in [1.54, 1.807) is 13.2 Å². The maximum atomic E-state index is 12.0. The molecule has 0 spiro atoms. The molecule has 106 valence electrons.